The highest BCUT2D eigenvalue weighted by Gasteiger charge is 2.35. The van der Waals surface area contributed by atoms with Gasteiger partial charge in [-0.05, 0) is 32.7 Å². The summed E-state index contributed by atoms with van der Waals surface area (Å²) in [6.07, 6.45) is 4.05. The molecule has 0 bridgehead atoms. The maximum Gasteiger partial charge on any atom is 0.329 e. The van der Waals surface area contributed by atoms with E-state index >= 15 is 0 Å². The van der Waals surface area contributed by atoms with E-state index in [4.69, 9.17) is 0 Å². The van der Waals surface area contributed by atoms with E-state index in [1.54, 1.807) is 6.92 Å². The number of hydrogen-bond donors (Lipinski definition) is 3. The van der Waals surface area contributed by atoms with Gasteiger partial charge in [0.05, 0.1) is 6.04 Å². The SMILES string of the molecule is CCCC(C)(NC(=O)C1CCCCN1)C(=O)O. The molecule has 0 aromatic carbocycles. The Morgan fingerprint density at radius 3 is 2.65 bits per heavy atom. The Morgan fingerprint density at radius 1 is 1.47 bits per heavy atom. The Labute approximate surface area is 102 Å². The molecule has 0 spiro atoms. The van der Waals surface area contributed by atoms with Crippen molar-refractivity contribution >= 4 is 11.9 Å². The highest BCUT2D eigenvalue weighted by atomic mass is 16.4. The number of rotatable bonds is 5. The highest BCUT2D eigenvalue weighted by Crippen LogP contribution is 2.14. The fraction of sp³-hybridized carbons (Fsp3) is 0.833. The third-order valence-electron chi connectivity index (χ3n) is 3.25. The number of piperidine rings is 1. The molecule has 0 saturated carbocycles. The maximum atomic E-state index is 12.0. The lowest BCUT2D eigenvalue weighted by atomic mass is 9.95. The molecule has 2 atom stereocenters. The summed E-state index contributed by atoms with van der Waals surface area (Å²) >= 11 is 0. The third-order valence-corrected chi connectivity index (χ3v) is 3.25. The molecule has 17 heavy (non-hydrogen) atoms. The number of carbonyl (C=O) groups is 2. The minimum atomic E-state index is -1.15. The first-order valence-corrected chi connectivity index (χ1v) is 6.28. The van der Waals surface area contributed by atoms with E-state index < -0.39 is 11.5 Å². The monoisotopic (exact) mass is 242 g/mol. The van der Waals surface area contributed by atoms with Crippen LogP contribution in [0.5, 0.6) is 0 Å². The summed E-state index contributed by atoms with van der Waals surface area (Å²) < 4.78 is 0. The van der Waals surface area contributed by atoms with E-state index in [0.29, 0.717) is 6.42 Å². The highest BCUT2D eigenvalue weighted by molar-refractivity contribution is 5.89. The average Bonchev–Trinajstić information content (AvgIpc) is 2.30. The Bertz CT molecular complexity index is 287. The molecule has 0 aromatic rings. The van der Waals surface area contributed by atoms with Crippen LogP contribution in [0.4, 0.5) is 0 Å². The number of carbonyl (C=O) groups excluding carboxylic acids is 1. The van der Waals surface area contributed by atoms with Gasteiger partial charge >= 0.3 is 5.97 Å². The second-order valence-electron chi connectivity index (χ2n) is 4.88. The number of hydrogen-bond acceptors (Lipinski definition) is 3. The number of carboxylic acids is 1. The van der Waals surface area contributed by atoms with Crippen LogP contribution in [-0.2, 0) is 9.59 Å². The second-order valence-corrected chi connectivity index (χ2v) is 4.88. The van der Waals surface area contributed by atoms with Crippen molar-refractivity contribution in [2.45, 2.75) is 57.5 Å². The quantitative estimate of drug-likeness (QED) is 0.669. The lowest BCUT2D eigenvalue weighted by molar-refractivity contribution is -0.147. The summed E-state index contributed by atoms with van der Waals surface area (Å²) in [7, 11) is 0. The van der Waals surface area contributed by atoms with Gasteiger partial charge in [-0.1, -0.05) is 19.8 Å². The van der Waals surface area contributed by atoms with Crippen LogP contribution in [0, 0.1) is 0 Å². The Morgan fingerprint density at radius 2 is 2.18 bits per heavy atom. The zero-order valence-electron chi connectivity index (χ0n) is 10.6. The first-order chi connectivity index (χ1) is 7.99. The Hall–Kier alpha value is -1.10. The minimum Gasteiger partial charge on any atom is -0.480 e. The number of amides is 1. The largest absolute Gasteiger partial charge is 0.480 e. The van der Waals surface area contributed by atoms with E-state index in [2.05, 4.69) is 10.6 Å². The minimum absolute atomic E-state index is 0.192. The van der Waals surface area contributed by atoms with Gasteiger partial charge in [0.15, 0.2) is 0 Å². The molecule has 3 N–H and O–H groups in total. The first-order valence-electron chi connectivity index (χ1n) is 6.28. The molecule has 1 aliphatic rings. The van der Waals surface area contributed by atoms with Gasteiger partial charge in [0, 0.05) is 0 Å². The molecule has 5 nitrogen and oxygen atoms in total. The Balaban J connectivity index is 2.60. The van der Waals surface area contributed by atoms with Crippen LogP contribution >= 0.6 is 0 Å². The van der Waals surface area contributed by atoms with E-state index in [-0.39, 0.29) is 11.9 Å². The molecule has 1 heterocycles. The Kier molecular flexibility index (Phi) is 4.93. The summed E-state index contributed by atoms with van der Waals surface area (Å²) in [5.41, 5.74) is -1.15. The van der Waals surface area contributed by atoms with Crippen LogP contribution < -0.4 is 10.6 Å². The van der Waals surface area contributed by atoms with Gasteiger partial charge in [0.25, 0.3) is 0 Å². The van der Waals surface area contributed by atoms with Crippen LogP contribution in [-0.4, -0.2) is 35.1 Å². The molecule has 1 aliphatic heterocycles. The van der Waals surface area contributed by atoms with Crippen molar-refractivity contribution in [3.8, 4) is 0 Å². The predicted molar refractivity (Wildman–Crippen MR) is 64.7 cm³/mol. The molecular weight excluding hydrogens is 220 g/mol. The smallest absolute Gasteiger partial charge is 0.329 e. The molecule has 0 radical (unpaired) electrons. The maximum absolute atomic E-state index is 12.0. The van der Waals surface area contributed by atoms with E-state index in [1.807, 2.05) is 6.92 Å². The summed E-state index contributed by atoms with van der Waals surface area (Å²) in [6, 6.07) is -0.237. The van der Waals surface area contributed by atoms with Gasteiger partial charge < -0.3 is 15.7 Å². The molecule has 1 fully saturated rings. The standard InChI is InChI=1S/C12H22N2O3/c1-3-7-12(2,11(16)17)14-10(15)9-6-4-5-8-13-9/h9,13H,3-8H2,1-2H3,(H,14,15)(H,16,17). The molecule has 2 unspecified atom stereocenters. The second kappa shape index (κ2) is 6.00. The summed E-state index contributed by atoms with van der Waals surface area (Å²) in [4.78, 5) is 23.2. The topological polar surface area (TPSA) is 78.4 Å². The first kappa shape index (κ1) is 14.0. The fourth-order valence-electron chi connectivity index (χ4n) is 2.16. The molecule has 0 aliphatic carbocycles. The van der Waals surface area contributed by atoms with Crippen LogP contribution in [0.3, 0.4) is 0 Å². The van der Waals surface area contributed by atoms with Crippen LogP contribution in [0.25, 0.3) is 0 Å². The van der Waals surface area contributed by atoms with Crippen molar-refractivity contribution < 1.29 is 14.7 Å². The number of aliphatic carboxylic acids is 1. The molecule has 0 aromatic heterocycles. The normalized spacial score (nSPS) is 23.8. The van der Waals surface area contributed by atoms with E-state index in [1.165, 1.54) is 0 Å². The van der Waals surface area contributed by atoms with Crippen molar-refractivity contribution in [1.29, 1.82) is 0 Å². The van der Waals surface area contributed by atoms with Crippen LogP contribution in [0.2, 0.25) is 0 Å². The molecular formula is C12H22N2O3. The van der Waals surface area contributed by atoms with Gasteiger partial charge in [-0.25, -0.2) is 4.79 Å². The van der Waals surface area contributed by atoms with E-state index in [0.717, 1.165) is 32.2 Å². The van der Waals surface area contributed by atoms with Gasteiger partial charge in [0.2, 0.25) is 5.91 Å². The molecule has 1 amide bonds. The van der Waals surface area contributed by atoms with Crippen molar-refractivity contribution in [2.24, 2.45) is 0 Å². The predicted octanol–water partition coefficient (Wildman–Crippen LogP) is 0.888. The number of carboxylic acid groups (broad SMARTS) is 1. The third kappa shape index (κ3) is 3.70. The summed E-state index contributed by atoms with van der Waals surface area (Å²) in [5, 5.41) is 15.0. The van der Waals surface area contributed by atoms with Crippen molar-refractivity contribution in [3.05, 3.63) is 0 Å². The van der Waals surface area contributed by atoms with Crippen LogP contribution in [0.15, 0.2) is 0 Å². The van der Waals surface area contributed by atoms with Crippen LogP contribution in [0.1, 0.15) is 46.0 Å². The zero-order valence-corrected chi connectivity index (χ0v) is 10.6. The molecule has 1 rings (SSSR count). The molecule has 98 valence electrons. The average molecular weight is 242 g/mol. The summed E-state index contributed by atoms with van der Waals surface area (Å²) in [5.74, 6) is -1.16. The number of nitrogens with one attached hydrogen (secondary N) is 2. The van der Waals surface area contributed by atoms with Crippen molar-refractivity contribution in [1.82, 2.24) is 10.6 Å². The molecule has 1 saturated heterocycles. The lowest BCUT2D eigenvalue weighted by Gasteiger charge is -2.30. The lowest BCUT2D eigenvalue weighted by Crippen LogP contribution is -2.57. The zero-order chi connectivity index (χ0) is 12.9. The van der Waals surface area contributed by atoms with Crippen molar-refractivity contribution in [3.63, 3.8) is 0 Å². The summed E-state index contributed by atoms with van der Waals surface area (Å²) in [6.45, 7) is 4.31. The van der Waals surface area contributed by atoms with Gasteiger partial charge in [-0.3, -0.25) is 4.79 Å². The van der Waals surface area contributed by atoms with E-state index in [9.17, 15) is 14.7 Å². The molecule has 5 heteroatoms. The van der Waals surface area contributed by atoms with Gasteiger partial charge in [-0.15, -0.1) is 0 Å². The van der Waals surface area contributed by atoms with Crippen molar-refractivity contribution in [2.75, 3.05) is 6.54 Å². The van der Waals surface area contributed by atoms with Gasteiger partial charge in [0.1, 0.15) is 5.54 Å². The van der Waals surface area contributed by atoms with Gasteiger partial charge in [-0.2, -0.15) is 0 Å². The fourth-order valence-corrected chi connectivity index (χ4v) is 2.16.